The van der Waals surface area contributed by atoms with Crippen molar-refractivity contribution in [2.75, 3.05) is 0 Å². The molecular formula is C20H19N3O3. The molecule has 0 spiro atoms. The number of nitrogens with one attached hydrogen (secondary N) is 1. The second-order valence-corrected chi connectivity index (χ2v) is 5.85. The average Bonchev–Trinajstić information content (AvgIpc) is 2.99. The molecule has 132 valence electrons. The van der Waals surface area contributed by atoms with E-state index in [9.17, 15) is 14.7 Å². The number of hydrogen-bond donors (Lipinski definition) is 2. The Balaban J connectivity index is 1.86. The molecule has 0 fully saturated rings. The van der Waals surface area contributed by atoms with Crippen LogP contribution in [0.3, 0.4) is 0 Å². The Morgan fingerprint density at radius 3 is 2.62 bits per heavy atom. The number of carbonyl (C=O) groups is 1. The standard InChI is InChI=1S/C20H19N3O3/c1-2-3-12-23-18(21-20(26)22-23)13-14-8-10-15(11-9-14)16-6-4-5-7-17(16)19(24)25/h2-11H,12-13H2,1H3,(H,22,26)(H,24,25). The van der Waals surface area contributed by atoms with E-state index in [1.807, 2.05) is 49.4 Å². The number of hydrogen-bond acceptors (Lipinski definition) is 3. The van der Waals surface area contributed by atoms with Crippen molar-refractivity contribution in [3.63, 3.8) is 0 Å². The fourth-order valence-electron chi connectivity index (χ4n) is 2.79. The summed E-state index contributed by atoms with van der Waals surface area (Å²) < 4.78 is 1.72. The molecule has 0 radical (unpaired) electrons. The first-order valence-corrected chi connectivity index (χ1v) is 8.27. The minimum absolute atomic E-state index is 0.271. The van der Waals surface area contributed by atoms with Crippen LogP contribution in [0.15, 0.2) is 65.5 Å². The predicted molar refractivity (Wildman–Crippen MR) is 99.3 cm³/mol. The highest BCUT2D eigenvalue weighted by Gasteiger charge is 2.11. The maximum absolute atomic E-state index is 11.5. The van der Waals surface area contributed by atoms with Crippen molar-refractivity contribution in [1.82, 2.24) is 14.8 Å². The van der Waals surface area contributed by atoms with E-state index >= 15 is 0 Å². The lowest BCUT2D eigenvalue weighted by atomic mass is 9.98. The molecule has 6 nitrogen and oxygen atoms in total. The van der Waals surface area contributed by atoms with Gasteiger partial charge in [0.25, 0.3) is 0 Å². The van der Waals surface area contributed by atoms with Gasteiger partial charge in [0.2, 0.25) is 0 Å². The molecule has 3 rings (SSSR count). The molecule has 3 aromatic rings. The molecule has 0 atom stereocenters. The number of allylic oxidation sites excluding steroid dienone is 2. The molecule has 26 heavy (non-hydrogen) atoms. The minimum Gasteiger partial charge on any atom is -0.478 e. The van der Waals surface area contributed by atoms with Crippen LogP contribution >= 0.6 is 0 Å². The Bertz CT molecular complexity index is 998. The van der Waals surface area contributed by atoms with Gasteiger partial charge in [-0.3, -0.25) is 4.68 Å². The minimum atomic E-state index is -0.950. The van der Waals surface area contributed by atoms with Gasteiger partial charge in [0.15, 0.2) is 0 Å². The highest BCUT2D eigenvalue weighted by Crippen LogP contribution is 2.24. The molecule has 1 aromatic heterocycles. The van der Waals surface area contributed by atoms with E-state index in [0.717, 1.165) is 11.1 Å². The van der Waals surface area contributed by atoms with Gasteiger partial charge in [0.05, 0.1) is 12.1 Å². The Hall–Kier alpha value is -3.41. The zero-order valence-corrected chi connectivity index (χ0v) is 14.3. The molecule has 2 aromatic carbocycles. The number of benzene rings is 2. The summed E-state index contributed by atoms with van der Waals surface area (Å²) in [5.74, 6) is -0.291. The van der Waals surface area contributed by atoms with Crippen LogP contribution in [0.25, 0.3) is 11.1 Å². The first-order valence-electron chi connectivity index (χ1n) is 8.27. The summed E-state index contributed by atoms with van der Waals surface area (Å²) in [6, 6.07) is 14.5. The number of rotatable bonds is 6. The molecule has 2 N–H and O–H groups in total. The molecular weight excluding hydrogens is 330 g/mol. The summed E-state index contributed by atoms with van der Waals surface area (Å²) in [4.78, 5) is 26.9. The van der Waals surface area contributed by atoms with E-state index in [4.69, 9.17) is 0 Å². The van der Waals surface area contributed by atoms with Gasteiger partial charge < -0.3 is 5.11 Å². The molecule has 0 aliphatic carbocycles. The van der Waals surface area contributed by atoms with Crippen LogP contribution in [0.5, 0.6) is 0 Å². The average molecular weight is 349 g/mol. The number of carboxylic acids is 1. The second kappa shape index (κ2) is 7.65. The number of aromatic amines is 1. The summed E-state index contributed by atoms with van der Waals surface area (Å²) in [7, 11) is 0. The van der Waals surface area contributed by atoms with E-state index in [1.54, 1.807) is 22.9 Å². The van der Waals surface area contributed by atoms with Gasteiger partial charge in [-0.1, -0.05) is 54.6 Å². The Labute approximate surface area is 150 Å². The smallest absolute Gasteiger partial charge is 0.361 e. The van der Waals surface area contributed by atoms with Gasteiger partial charge in [-0.05, 0) is 29.7 Å². The number of H-pyrrole nitrogens is 1. The van der Waals surface area contributed by atoms with Gasteiger partial charge in [0, 0.05) is 6.42 Å². The lowest BCUT2D eigenvalue weighted by molar-refractivity contribution is 0.0697. The molecule has 0 aliphatic heterocycles. The van der Waals surface area contributed by atoms with E-state index in [0.29, 0.717) is 24.4 Å². The summed E-state index contributed by atoms with van der Waals surface area (Å²) in [5.41, 5.74) is 2.41. The van der Waals surface area contributed by atoms with Crippen molar-refractivity contribution in [3.8, 4) is 11.1 Å². The van der Waals surface area contributed by atoms with Crippen LogP contribution in [0, 0.1) is 0 Å². The lowest BCUT2D eigenvalue weighted by Crippen LogP contribution is -2.07. The van der Waals surface area contributed by atoms with Crippen molar-refractivity contribution in [2.24, 2.45) is 0 Å². The fourth-order valence-corrected chi connectivity index (χ4v) is 2.79. The maximum Gasteiger partial charge on any atom is 0.361 e. The number of carboxylic acid groups (broad SMARTS) is 1. The largest absolute Gasteiger partial charge is 0.478 e. The summed E-state index contributed by atoms with van der Waals surface area (Å²) in [6.07, 6.45) is 4.36. The van der Waals surface area contributed by atoms with Crippen molar-refractivity contribution >= 4 is 5.97 Å². The van der Waals surface area contributed by atoms with Crippen LogP contribution in [-0.2, 0) is 13.0 Å². The molecule has 0 amide bonds. The van der Waals surface area contributed by atoms with E-state index in [2.05, 4.69) is 10.1 Å². The monoisotopic (exact) mass is 349 g/mol. The highest BCUT2D eigenvalue weighted by atomic mass is 16.4. The van der Waals surface area contributed by atoms with Crippen molar-refractivity contribution in [2.45, 2.75) is 19.9 Å². The summed E-state index contributed by atoms with van der Waals surface area (Å²) >= 11 is 0. The summed E-state index contributed by atoms with van der Waals surface area (Å²) in [6.45, 7) is 2.48. The fraction of sp³-hybridized carbons (Fsp3) is 0.150. The van der Waals surface area contributed by atoms with E-state index in [1.165, 1.54) is 0 Å². The third-order valence-electron chi connectivity index (χ3n) is 4.08. The summed E-state index contributed by atoms with van der Waals surface area (Å²) in [5, 5.41) is 12.0. The SMILES string of the molecule is CC=CCn1[nH]c(=O)nc1Cc1ccc(-c2ccccc2C(=O)O)cc1. The third kappa shape index (κ3) is 3.80. The molecule has 0 aliphatic rings. The van der Waals surface area contributed by atoms with Gasteiger partial charge in [0.1, 0.15) is 5.82 Å². The van der Waals surface area contributed by atoms with Gasteiger partial charge in [-0.2, -0.15) is 4.98 Å². The van der Waals surface area contributed by atoms with Crippen molar-refractivity contribution in [1.29, 1.82) is 0 Å². The predicted octanol–water partition coefficient (Wildman–Crippen LogP) is 3.10. The zero-order valence-electron chi connectivity index (χ0n) is 14.3. The van der Waals surface area contributed by atoms with E-state index in [-0.39, 0.29) is 11.3 Å². The zero-order chi connectivity index (χ0) is 18.5. The van der Waals surface area contributed by atoms with Gasteiger partial charge >= 0.3 is 11.7 Å². The molecule has 0 unspecified atom stereocenters. The number of nitrogens with zero attached hydrogens (tertiary/aromatic N) is 2. The first-order chi connectivity index (χ1) is 12.6. The quantitative estimate of drug-likeness (QED) is 0.669. The van der Waals surface area contributed by atoms with Crippen LogP contribution in [0.1, 0.15) is 28.7 Å². The topological polar surface area (TPSA) is 88.0 Å². The van der Waals surface area contributed by atoms with Crippen LogP contribution in [0.2, 0.25) is 0 Å². The number of aromatic carboxylic acids is 1. The Kier molecular flexibility index (Phi) is 5.12. The first kappa shape index (κ1) is 17.4. The Morgan fingerprint density at radius 1 is 1.19 bits per heavy atom. The molecule has 0 saturated heterocycles. The molecule has 6 heteroatoms. The molecule has 0 bridgehead atoms. The molecule has 1 heterocycles. The van der Waals surface area contributed by atoms with Crippen molar-refractivity contribution in [3.05, 3.63) is 88.1 Å². The Morgan fingerprint density at radius 2 is 1.92 bits per heavy atom. The van der Waals surface area contributed by atoms with Gasteiger partial charge in [-0.15, -0.1) is 0 Å². The second-order valence-electron chi connectivity index (χ2n) is 5.85. The van der Waals surface area contributed by atoms with E-state index < -0.39 is 5.97 Å². The highest BCUT2D eigenvalue weighted by molar-refractivity contribution is 5.95. The van der Waals surface area contributed by atoms with Crippen LogP contribution in [-0.4, -0.2) is 25.8 Å². The van der Waals surface area contributed by atoms with Crippen LogP contribution < -0.4 is 5.69 Å². The lowest BCUT2D eigenvalue weighted by Gasteiger charge is -2.08. The van der Waals surface area contributed by atoms with Crippen molar-refractivity contribution < 1.29 is 9.90 Å². The van der Waals surface area contributed by atoms with Crippen LogP contribution in [0.4, 0.5) is 0 Å². The molecule has 0 saturated carbocycles. The van der Waals surface area contributed by atoms with Gasteiger partial charge in [-0.25, -0.2) is 14.7 Å². The number of aromatic nitrogens is 3. The maximum atomic E-state index is 11.5. The third-order valence-corrected chi connectivity index (χ3v) is 4.08. The normalized spacial score (nSPS) is 11.1.